The summed E-state index contributed by atoms with van der Waals surface area (Å²) in [5, 5.41) is 11.3. The van der Waals surface area contributed by atoms with Gasteiger partial charge in [-0.2, -0.15) is 5.10 Å². The molecule has 162 valence electrons. The van der Waals surface area contributed by atoms with Crippen molar-refractivity contribution in [1.29, 1.82) is 0 Å². The number of rotatable bonds is 7. The highest BCUT2D eigenvalue weighted by Crippen LogP contribution is 2.24. The van der Waals surface area contributed by atoms with E-state index in [4.69, 9.17) is 0 Å². The molecule has 0 unspecified atom stereocenters. The van der Waals surface area contributed by atoms with Crippen LogP contribution in [0.2, 0.25) is 0 Å². The minimum atomic E-state index is -3.92. The zero-order chi connectivity index (χ0) is 21.8. The SMILES string of the molecule is O=S(=O)(Cc1cc(F)ccc1F)Nc1ccc(Nc2cc(N3CCCC3)cnn2)cc1. The molecule has 3 aromatic rings. The summed E-state index contributed by atoms with van der Waals surface area (Å²) in [6.07, 6.45) is 4.05. The maximum atomic E-state index is 13.7. The predicted octanol–water partition coefficient (Wildman–Crippen LogP) is 4.04. The molecule has 0 bridgehead atoms. The molecule has 2 aromatic carbocycles. The summed E-state index contributed by atoms with van der Waals surface area (Å²) < 4.78 is 54.1. The van der Waals surface area contributed by atoms with Gasteiger partial charge in [0.1, 0.15) is 11.6 Å². The third-order valence-electron chi connectivity index (χ3n) is 4.90. The standard InChI is InChI=1S/C21H21F2N5O2S/c22-16-3-8-20(23)15(11-16)14-31(29,30)27-18-6-4-17(5-7-18)25-21-12-19(13-24-26-21)28-9-1-2-10-28/h3-8,11-13,27H,1-2,9-10,14H2,(H,25,26). The molecule has 0 radical (unpaired) electrons. The predicted molar refractivity (Wildman–Crippen MR) is 116 cm³/mol. The Morgan fingerprint density at radius 2 is 1.68 bits per heavy atom. The number of nitrogens with one attached hydrogen (secondary N) is 2. The van der Waals surface area contributed by atoms with Crippen molar-refractivity contribution in [2.45, 2.75) is 18.6 Å². The van der Waals surface area contributed by atoms with Gasteiger partial charge in [0.05, 0.1) is 17.6 Å². The first-order valence-corrected chi connectivity index (χ1v) is 11.4. The van der Waals surface area contributed by atoms with Crippen LogP contribution >= 0.6 is 0 Å². The first-order valence-electron chi connectivity index (χ1n) is 9.77. The Bertz CT molecular complexity index is 1170. The molecular formula is C21H21F2N5O2S. The van der Waals surface area contributed by atoms with Gasteiger partial charge in [-0.3, -0.25) is 4.72 Å². The first kappa shape index (κ1) is 21.0. The Kier molecular flexibility index (Phi) is 5.99. The number of nitrogens with zero attached hydrogens (tertiary/aromatic N) is 3. The lowest BCUT2D eigenvalue weighted by Crippen LogP contribution is -2.18. The van der Waals surface area contributed by atoms with Gasteiger partial charge in [-0.05, 0) is 55.3 Å². The highest BCUT2D eigenvalue weighted by atomic mass is 32.2. The van der Waals surface area contributed by atoms with E-state index in [0.717, 1.165) is 49.8 Å². The Morgan fingerprint density at radius 3 is 2.42 bits per heavy atom. The van der Waals surface area contributed by atoms with Crippen molar-refractivity contribution >= 4 is 32.9 Å². The van der Waals surface area contributed by atoms with Crippen LogP contribution in [-0.4, -0.2) is 31.7 Å². The lowest BCUT2D eigenvalue weighted by molar-refractivity contribution is 0.581. The number of hydrogen-bond acceptors (Lipinski definition) is 6. The van der Waals surface area contributed by atoms with Gasteiger partial charge in [0.25, 0.3) is 0 Å². The molecule has 0 amide bonds. The largest absolute Gasteiger partial charge is 0.370 e. The van der Waals surface area contributed by atoms with E-state index in [9.17, 15) is 17.2 Å². The highest BCUT2D eigenvalue weighted by molar-refractivity contribution is 7.91. The molecule has 1 aliphatic heterocycles. The minimum Gasteiger partial charge on any atom is -0.370 e. The minimum absolute atomic E-state index is 0.234. The van der Waals surface area contributed by atoms with Gasteiger partial charge in [-0.15, -0.1) is 5.10 Å². The lowest BCUT2D eigenvalue weighted by atomic mass is 10.2. The molecule has 31 heavy (non-hydrogen) atoms. The fraction of sp³-hybridized carbons (Fsp3) is 0.238. The van der Waals surface area contributed by atoms with Crippen LogP contribution < -0.4 is 14.9 Å². The van der Waals surface area contributed by atoms with E-state index in [0.29, 0.717) is 17.2 Å². The summed E-state index contributed by atoms with van der Waals surface area (Å²) in [7, 11) is -3.92. The van der Waals surface area contributed by atoms with Gasteiger partial charge in [-0.1, -0.05) is 0 Å². The van der Waals surface area contributed by atoms with Crippen LogP contribution in [0.5, 0.6) is 0 Å². The van der Waals surface area contributed by atoms with Crippen molar-refractivity contribution in [2.75, 3.05) is 28.0 Å². The average molecular weight is 445 g/mol. The summed E-state index contributed by atoms with van der Waals surface area (Å²) in [6, 6.07) is 11.1. The Hall–Kier alpha value is -3.27. The van der Waals surface area contributed by atoms with Crippen molar-refractivity contribution in [2.24, 2.45) is 0 Å². The molecule has 2 heterocycles. The van der Waals surface area contributed by atoms with Gasteiger partial charge in [0.2, 0.25) is 10.0 Å². The van der Waals surface area contributed by atoms with Crippen LogP contribution in [0.15, 0.2) is 54.7 Å². The third kappa shape index (κ3) is 5.46. The Balaban J connectivity index is 1.41. The van der Waals surface area contributed by atoms with Crippen LogP contribution in [0.25, 0.3) is 0 Å². The second-order valence-corrected chi connectivity index (χ2v) is 9.01. The molecule has 1 aromatic heterocycles. The lowest BCUT2D eigenvalue weighted by Gasteiger charge is -2.17. The normalized spacial score (nSPS) is 13.9. The molecule has 10 heteroatoms. The van der Waals surface area contributed by atoms with Crippen molar-refractivity contribution in [3.8, 4) is 0 Å². The summed E-state index contributed by atoms with van der Waals surface area (Å²) >= 11 is 0. The molecule has 0 saturated carbocycles. The van der Waals surface area contributed by atoms with Gasteiger partial charge in [-0.25, -0.2) is 17.2 Å². The number of aromatic nitrogens is 2. The molecule has 0 aliphatic carbocycles. The molecule has 7 nitrogen and oxygen atoms in total. The average Bonchev–Trinajstić information content (AvgIpc) is 3.27. The van der Waals surface area contributed by atoms with Crippen molar-refractivity contribution in [3.63, 3.8) is 0 Å². The molecule has 1 saturated heterocycles. The second-order valence-electron chi connectivity index (χ2n) is 7.29. The van der Waals surface area contributed by atoms with Crippen LogP contribution in [0.4, 0.5) is 31.7 Å². The third-order valence-corrected chi connectivity index (χ3v) is 6.13. The molecule has 0 atom stereocenters. The molecule has 0 spiro atoms. The van der Waals surface area contributed by atoms with E-state index in [2.05, 4.69) is 25.1 Å². The van der Waals surface area contributed by atoms with Crippen LogP contribution in [0.3, 0.4) is 0 Å². The van der Waals surface area contributed by atoms with Gasteiger partial charge in [0.15, 0.2) is 5.82 Å². The molecular weight excluding hydrogens is 424 g/mol. The van der Waals surface area contributed by atoms with Crippen LogP contribution in [0, 0.1) is 11.6 Å². The number of sulfonamides is 1. The number of benzene rings is 2. The quantitative estimate of drug-likeness (QED) is 0.571. The van der Waals surface area contributed by atoms with E-state index in [1.54, 1.807) is 30.5 Å². The van der Waals surface area contributed by atoms with Crippen LogP contribution in [0.1, 0.15) is 18.4 Å². The van der Waals surface area contributed by atoms with Gasteiger partial charge < -0.3 is 10.2 Å². The number of hydrogen-bond donors (Lipinski definition) is 2. The topological polar surface area (TPSA) is 87.2 Å². The first-order chi connectivity index (χ1) is 14.9. The van der Waals surface area contributed by atoms with Crippen LogP contribution in [-0.2, 0) is 15.8 Å². The smallest absolute Gasteiger partial charge is 0.237 e. The summed E-state index contributed by atoms with van der Waals surface area (Å²) in [5.74, 6) is -1.56. The Morgan fingerprint density at radius 1 is 0.968 bits per heavy atom. The van der Waals surface area contributed by atoms with E-state index < -0.39 is 27.4 Å². The van der Waals surface area contributed by atoms with Gasteiger partial charge in [0, 0.05) is 36.1 Å². The zero-order valence-electron chi connectivity index (χ0n) is 16.6. The molecule has 1 aliphatic rings. The summed E-state index contributed by atoms with van der Waals surface area (Å²) in [6.45, 7) is 2.00. The van der Waals surface area contributed by atoms with Gasteiger partial charge >= 0.3 is 0 Å². The van der Waals surface area contributed by atoms with Crippen molar-refractivity contribution in [3.05, 3.63) is 71.9 Å². The molecule has 4 rings (SSSR count). The monoisotopic (exact) mass is 445 g/mol. The van der Waals surface area contributed by atoms with E-state index in [-0.39, 0.29) is 5.56 Å². The molecule has 2 N–H and O–H groups in total. The fourth-order valence-corrected chi connectivity index (χ4v) is 4.61. The summed E-state index contributed by atoms with van der Waals surface area (Å²) in [5.41, 5.74) is 1.78. The number of halogens is 2. The fourth-order valence-electron chi connectivity index (χ4n) is 3.41. The van der Waals surface area contributed by atoms with Crippen molar-refractivity contribution < 1.29 is 17.2 Å². The number of anilines is 4. The second kappa shape index (κ2) is 8.84. The maximum Gasteiger partial charge on any atom is 0.237 e. The summed E-state index contributed by atoms with van der Waals surface area (Å²) in [4.78, 5) is 2.25. The maximum absolute atomic E-state index is 13.7. The molecule has 1 fully saturated rings. The van der Waals surface area contributed by atoms with Crippen molar-refractivity contribution in [1.82, 2.24) is 10.2 Å². The van der Waals surface area contributed by atoms with E-state index in [1.807, 2.05) is 6.07 Å². The van der Waals surface area contributed by atoms with E-state index in [1.165, 1.54) is 0 Å². The Labute approximate surface area is 179 Å². The zero-order valence-corrected chi connectivity index (χ0v) is 17.4. The van der Waals surface area contributed by atoms with E-state index >= 15 is 0 Å². The highest BCUT2D eigenvalue weighted by Gasteiger charge is 2.16.